The maximum absolute atomic E-state index is 12.9. The summed E-state index contributed by atoms with van der Waals surface area (Å²) < 4.78 is 0. The predicted octanol–water partition coefficient (Wildman–Crippen LogP) is 5.39. The normalized spacial score (nSPS) is 11.1. The van der Waals surface area contributed by atoms with Crippen LogP contribution in [-0.4, -0.2) is 23.4 Å². The molecule has 1 amide bonds. The molecule has 0 saturated heterocycles. The zero-order chi connectivity index (χ0) is 20.1. The molecule has 0 radical (unpaired) electrons. The Bertz CT molecular complexity index is 1170. The molecule has 0 spiro atoms. The molecule has 5 heteroatoms. The standard InChI is InChI=1S/C24H19N3OS/c1-29-19-13-11-17(12-14-19)16-25-27-24(28)21-15-23(18-7-3-2-4-8-18)26-22-10-6-5-9-20(21)22/h2-16H,1H3,(H,27,28). The first-order valence-corrected chi connectivity index (χ1v) is 10.4. The monoisotopic (exact) mass is 397 g/mol. The number of nitrogens with one attached hydrogen (secondary N) is 1. The molecule has 0 saturated carbocycles. The van der Waals surface area contributed by atoms with Crippen LogP contribution in [0.5, 0.6) is 0 Å². The van der Waals surface area contributed by atoms with E-state index in [-0.39, 0.29) is 5.91 Å². The molecule has 29 heavy (non-hydrogen) atoms. The van der Waals surface area contributed by atoms with Gasteiger partial charge in [-0.15, -0.1) is 11.8 Å². The Kier molecular flexibility index (Phi) is 5.68. The number of hydrogen-bond donors (Lipinski definition) is 1. The van der Waals surface area contributed by atoms with Crippen LogP contribution in [0, 0.1) is 0 Å². The van der Waals surface area contributed by atoms with E-state index in [0.717, 1.165) is 27.7 Å². The molecule has 1 aromatic heterocycles. The summed E-state index contributed by atoms with van der Waals surface area (Å²) in [6.07, 6.45) is 3.68. The number of fused-ring (bicyclic) bond motifs is 1. The van der Waals surface area contributed by atoms with Gasteiger partial charge in [-0.2, -0.15) is 5.10 Å². The van der Waals surface area contributed by atoms with E-state index in [9.17, 15) is 4.79 Å². The van der Waals surface area contributed by atoms with Gasteiger partial charge in [0.25, 0.3) is 5.91 Å². The largest absolute Gasteiger partial charge is 0.272 e. The Balaban J connectivity index is 1.63. The minimum Gasteiger partial charge on any atom is -0.267 e. The van der Waals surface area contributed by atoms with Gasteiger partial charge in [0.1, 0.15) is 0 Å². The second kappa shape index (κ2) is 8.71. The summed E-state index contributed by atoms with van der Waals surface area (Å²) >= 11 is 1.68. The molecule has 4 aromatic rings. The molecule has 0 aliphatic rings. The first kappa shape index (κ1) is 18.9. The highest BCUT2D eigenvalue weighted by atomic mass is 32.2. The Morgan fingerprint density at radius 2 is 1.69 bits per heavy atom. The lowest BCUT2D eigenvalue weighted by Gasteiger charge is -2.09. The summed E-state index contributed by atoms with van der Waals surface area (Å²) in [5, 5.41) is 4.93. The number of rotatable bonds is 5. The molecule has 3 aromatic carbocycles. The van der Waals surface area contributed by atoms with Crippen LogP contribution < -0.4 is 5.43 Å². The van der Waals surface area contributed by atoms with Crippen molar-refractivity contribution in [2.24, 2.45) is 5.10 Å². The first-order chi connectivity index (χ1) is 14.2. The number of nitrogens with zero attached hydrogens (tertiary/aromatic N) is 2. The summed E-state index contributed by atoms with van der Waals surface area (Å²) in [5.74, 6) is -0.266. The Morgan fingerprint density at radius 3 is 2.45 bits per heavy atom. The van der Waals surface area contributed by atoms with Crippen molar-refractivity contribution in [2.45, 2.75) is 4.90 Å². The lowest BCUT2D eigenvalue weighted by molar-refractivity contribution is 0.0956. The fraction of sp³-hybridized carbons (Fsp3) is 0.0417. The third-order valence-electron chi connectivity index (χ3n) is 4.53. The van der Waals surface area contributed by atoms with Gasteiger partial charge in [-0.05, 0) is 36.1 Å². The quantitative estimate of drug-likeness (QED) is 0.279. The van der Waals surface area contributed by atoms with E-state index in [2.05, 4.69) is 10.5 Å². The molecular weight excluding hydrogens is 378 g/mol. The first-order valence-electron chi connectivity index (χ1n) is 9.17. The van der Waals surface area contributed by atoms with Crippen molar-refractivity contribution in [3.63, 3.8) is 0 Å². The summed E-state index contributed by atoms with van der Waals surface area (Å²) in [4.78, 5) is 18.8. The van der Waals surface area contributed by atoms with Crippen molar-refractivity contribution >= 4 is 34.8 Å². The number of pyridine rings is 1. The molecule has 0 bridgehead atoms. The van der Waals surface area contributed by atoms with Gasteiger partial charge in [0.2, 0.25) is 0 Å². The van der Waals surface area contributed by atoms with Crippen molar-refractivity contribution in [3.8, 4) is 11.3 Å². The minimum atomic E-state index is -0.266. The highest BCUT2D eigenvalue weighted by Gasteiger charge is 2.13. The average Bonchev–Trinajstić information content (AvgIpc) is 2.79. The number of hydrogen-bond acceptors (Lipinski definition) is 4. The van der Waals surface area contributed by atoms with Crippen LogP contribution in [0.3, 0.4) is 0 Å². The molecule has 4 rings (SSSR count). The number of carbonyl (C=O) groups excluding carboxylic acids is 1. The number of carbonyl (C=O) groups is 1. The van der Waals surface area contributed by atoms with Crippen molar-refractivity contribution in [3.05, 3.63) is 96.1 Å². The topological polar surface area (TPSA) is 54.4 Å². The van der Waals surface area contributed by atoms with Crippen LogP contribution in [0.25, 0.3) is 22.2 Å². The lowest BCUT2D eigenvalue weighted by Crippen LogP contribution is -2.18. The van der Waals surface area contributed by atoms with Gasteiger partial charge in [0, 0.05) is 15.8 Å². The summed E-state index contributed by atoms with van der Waals surface area (Å²) in [5.41, 5.74) is 6.61. The van der Waals surface area contributed by atoms with E-state index in [1.165, 1.54) is 4.90 Å². The molecule has 0 aliphatic carbocycles. The van der Waals surface area contributed by atoms with Crippen LogP contribution in [0.2, 0.25) is 0 Å². The zero-order valence-corrected chi connectivity index (χ0v) is 16.7. The number of amides is 1. The molecule has 0 unspecified atom stereocenters. The van der Waals surface area contributed by atoms with Crippen LogP contribution in [0.4, 0.5) is 0 Å². The fourth-order valence-corrected chi connectivity index (χ4v) is 3.44. The van der Waals surface area contributed by atoms with E-state index >= 15 is 0 Å². The molecule has 142 valence electrons. The van der Waals surface area contributed by atoms with Crippen molar-refractivity contribution in [1.82, 2.24) is 10.4 Å². The number of thioether (sulfide) groups is 1. The number of para-hydroxylation sites is 1. The Hall–Kier alpha value is -3.44. The van der Waals surface area contributed by atoms with E-state index in [1.807, 2.05) is 91.2 Å². The van der Waals surface area contributed by atoms with Crippen molar-refractivity contribution in [2.75, 3.05) is 6.26 Å². The van der Waals surface area contributed by atoms with Gasteiger partial charge in [0.05, 0.1) is 23.0 Å². The van der Waals surface area contributed by atoms with E-state index in [4.69, 9.17) is 4.98 Å². The molecule has 1 N–H and O–H groups in total. The maximum Gasteiger partial charge on any atom is 0.272 e. The molecule has 0 aliphatic heterocycles. The van der Waals surface area contributed by atoms with Gasteiger partial charge < -0.3 is 0 Å². The van der Waals surface area contributed by atoms with Crippen LogP contribution in [0.1, 0.15) is 15.9 Å². The number of aromatic nitrogens is 1. The lowest BCUT2D eigenvalue weighted by atomic mass is 10.0. The average molecular weight is 398 g/mol. The van der Waals surface area contributed by atoms with Gasteiger partial charge in [-0.25, -0.2) is 10.4 Å². The van der Waals surface area contributed by atoms with Gasteiger partial charge >= 0.3 is 0 Å². The molecule has 1 heterocycles. The highest BCUT2D eigenvalue weighted by Crippen LogP contribution is 2.24. The SMILES string of the molecule is CSc1ccc(C=NNC(=O)c2cc(-c3ccccc3)nc3ccccc23)cc1. The molecular formula is C24H19N3OS. The van der Waals surface area contributed by atoms with Crippen molar-refractivity contribution in [1.29, 1.82) is 0 Å². The highest BCUT2D eigenvalue weighted by molar-refractivity contribution is 7.98. The summed E-state index contributed by atoms with van der Waals surface area (Å²) in [6.45, 7) is 0. The van der Waals surface area contributed by atoms with E-state index < -0.39 is 0 Å². The second-order valence-corrected chi connectivity index (χ2v) is 7.29. The van der Waals surface area contributed by atoms with E-state index in [0.29, 0.717) is 5.56 Å². The van der Waals surface area contributed by atoms with Crippen LogP contribution in [-0.2, 0) is 0 Å². The smallest absolute Gasteiger partial charge is 0.267 e. The maximum atomic E-state index is 12.9. The van der Waals surface area contributed by atoms with Crippen LogP contribution >= 0.6 is 11.8 Å². The number of benzene rings is 3. The third kappa shape index (κ3) is 4.36. The molecule has 4 nitrogen and oxygen atoms in total. The minimum absolute atomic E-state index is 0.266. The Morgan fingerprint density at radius 1 is 0.966 bits per heavy atom. The predicted molar refractivity (Wildman–Crippen MR) is 120 cm³/mol. The third-order valence-corrected chi connectivity index (χ3v) is 5.27. The fourth-order valence-electron chi connectivity index (χ4n) is 3.04. The molecule has 0 atom stereocenters. The van der Waals surface area contributed by atoms with Gasteiger partial charge in [-0.1, -0.05) is 60.7 Å². The zero-order valence-electron chi connectivity index (χ0n) is 15.9. The van der Waals surface area contributed by atoms with Gasteiger partial charge in [0.15, 0.2) is 0 Å². The number of hydrazone groups is 1. The molecule has 0 fully saturated rings. The van der Waals surface area contributed by atoms with Crippen LogP contribution in [0.15, 0.2) is 94.9 Å². The van der Waals surface area contributed by atoms with E-state index in [1.54, 1.807) is 18.0 Å². The van der Waals surface area contributed by atoms with Gasteiger partial charge in [-0.3, -0.25) is 4.79 Å². The summed E-state index contributed by atoms with van der Waals surface area (Å²) in [6, 6.07) is 27.3. The summed E-state index contributed by atoms with van der Waals surface area (Å²) in [7, 11) is 0. The Labute approximate surface area is 173 Å². The van der Waals surface area contributed by atoms with Crippen molar-refractivity contribution < 1.29 is 4.79 Å². The second-order valence-electron chi connectivity index (χ2n) is 6.41.